The van der Waals surface area contributed by atoms with Crippen LogP contribution in [0.5, 0.6) is 0 Å². The van der Waals surface area contributed by atoms with E-state index in [0.717, 1.165) is 30.5 Å². The van der Waals surface area contributed by atoms with Crippen LogP contribution in [0.25, 0.3) is 11.1 Å². The van der Waals surface area contributed by atoms with Gasteiger partial charge in [0.05, 0.1) is 24.0 Å². The molecule has 2 aromatic carbocycles. The summed E-state index contributed by atoms with van der Waals surface area (Å²) in [5.41, 5.74) is 0.637. The first-order valence-electron chi connectivity index (χ1n) is 15.6. The maximum Gasteiger partial charge on any atom is 0.416 e. The first kappa shape index (κ1) is 33.7. The Balaban J connectivity index is 1.24. The van der Waals surface area contributed by atoms with Crippen molar-refractivity contribution in [1.29, 1.82) is 0 Å². The second-order valence-electron chi connectivity index (χ2n) is 12.9. The summed E-state index contributed by atoms with van der Waals surface area (Å²) in [5, 5.41) is 5.52. The fraction of sp³-hybridized carbons (Fsp3) is 0.441. The van der Waals surface area contributed by atoms with Crippen molar-refractivity contribution in [3.8, 4) is 11.1 Å². The number of ether oxygens (including phenoxy) is 1. The molecule has 5 rings (SSSR count). The van der Waals surface area contributed by atoms with E-state index in [1.165, 1.54) is 12.3 Å². The van der Waals surface area contributed by atoms with E-state index in [4.69, 9.17) is 4.74 Å². The first-order chi connectivity index (χ1) is 22.2. The normalized spacial score (nSPS) is 16.0. The number of hydrogen-bond donors (Lipinski definition) is 2. The van der Waals surface area contributed by atoms with E-state index >= 15 is 0 Å². The van der Waals surface area contributed by atoms with E-state index in [0.29, 0.717) is 48.7 Å². The molecule has 10 nitrogen and oxygen atoms in total. The van der Waals surface area contributed by atoms with E-state index in [9.17, 15) is 27.6 Å². The molecule has 47 heavy (non-hydrogen) atoms. The number of alkyl carbamates (subject to hydrolysis) is 1. The molecule has 3 aromatic rings. The summed E-state index contributed by atoms with van der Waals surface area (Å²) in [6.07, 6.45) is -0.299. The van der Waals surface area contributed by atoms with Crippen LogP contribution in [-0.4, -0.2) is 64.6 Å². The van der Waals surface area contributed by atoms with Crippen molar-refractivity contribution in [2.45, 2.75) is 64.9 Å². The minimum atomic E-state index is -4.55. The fourth-order valence-electron chi connectivity index (χ4n) is 5.32. The summed E-state index contributed by atoms with van der Waals surface area (Å²) in [6, 6.07) is 9.75. The van der Waals surface area contributed by atoms with Gasteiger partial charge in [-0.3, -0.25) is 14.6 Å². The van der Waals surface area contributed by atoms with Crippen LogP contribution in [0.1, 0.15) is 73.8 Å². The third-order valence-corrected chi connectivity index (χ3v) is 8.02. The molecule has 2 aliphatic rings. The van der Waals surface area contributed by atoms with E-state index in [1.54, 1.807) is 58.2 Å². The summed E-state index contributed by atoms with van der Waals surface area (Å²) in [6.45, 7) is 9.31. The third-order valence-electron chi connectivity index (χ3n) is 8.02. The van der Waals surface area contributed by atoms with Crippen LogP contribution in [0.4, 0.5) is 23.8 Å². The summed E-state index contributed by atoms with van der Waals surface area (Å²) in [4.78, 5) is 50.3. The first-order valence-corrected chi connectivity index (χ1v) is 15.6. The number of aromatic nitrogens is 2. The molecular formula is C34H39F3N6O4. The van der Waals surface area contributed by atoms with Crippen molar-refractivity contribution in [3.63, 3.8) is 0 Å². The zero-order valence-electron chi connectivity index (χ0n) is 26.9. The number of benzene rings is 2. The molecule has 13 heteroatoms. The topological polar surface area (TPSA) is 117 Å². The Hall–Kier alpha value is -4.68. The molecule has 1 atom stereocenters. The summed E-state index contributed by atoms with van der Waals surface area (Å²) < 4.78 is 46.0. The van der Waals surface area contributed by atoms with Crippen LogP contribution in [0.15, 0.2) is 54.9 Å². The predicted molar refractivity (Wildman–Crippen MR) is 169 cm³/mol. The van der Waals surface area contributed by atoms with Gasteiger partial charge in [-0.25, -0.2) is 9.78 Å². The van der Waals surface area contributed by atoms with Crippen molar-refractivity contribution < 1.29 is 32.3 Å². The average molecular weight is 653 g/mol. The van der Waals surface area contributed by atoms with Crippen LogP contribution in [0, 0.1) is 5.92 Å². The number of piperazine rings is 1. The molecule has 1 aliphatic carbocycles. The second kappa shape index (κ2) is 13.6. The van der Waals surface area contributed by atoms with Crippen LogP contribution < -0.4 is 15.5 Å². The highest BCUT2D eigenvalue weighted by atomic mass is 19.4. The molecule has 2 N–H and O–H groups in total. The van der Waals surface area contributed by atoms with Gasteiger partial charge in [0, 0.05) is 38.6 Å². The molecule has 3 amide bonds. The molecule has 0 radical (unpaired) electrons. The maximum atomic E-state index is 13.6. The summed E-state index contributed by atoms with van der Waals surface area (Å²) in [5.74, 6) is 0.534. The molecule has 1 saturated heterocycles. The van der Waals surface area contributed by atoms with Gasteiger partial charge in [0.1, 0.15) is 17.1 Å². The molecule has 0 spiro atoms. The zero-order chi connectivity index (χ0) is 33.9. The van der Waals surface area contributed by atoms with Crippen LogP contribution in [-0.2, 0) is 22.3 Å². The Morgan fingerprint density at radius 2 is 1.66 bits per heavy atom. The number of alkyl halides is 3. The molecule has 0 bridgehead atoms. The van der Waals surface area contributed by atoms with Crippen molar-refractivity contribution in [3.05, 3.63) is 77.2 Å². The number of nitrogens with one attached hydrogen (secondary N) is 2. The Morgan fingerprint density at radius 3 is 2.28 bits per heavy atom. The highest BCUT2D eigenvalue weighted by molar-refractivity contribution is 5.92. The fourth-order valence-corrected chi connectivity index (χ4v) is 5.32. The summed E-state index contributed by atoms with van der Waals surface area (Å²) in [7, 11) is 0. The molecule has 0 unspecified atom stereocenters. The number of hydrogen-bond acceptors (Lipinski definition) is 7. The SMILES string of the molecule is C[C@@H](NC(=O)c1cncc(N2CCN(C(=O)C3CC3)CC2)n1)c1ccc(-c2cc(C(F)(F)F)ccc2CNC(=O)OC(C)(C)C)cc1. The Kier molecular flexibility index (Phi) is 9.73. The lowest BCUT2D eigenvalue weighted by Gasteiger charge is -2.35. The van der Waals surface area contributed by atoms with Gasteiger partial charge < -0.3 is 25.2 Å². The van der Waals surface area contributed by atoms with E-state index in [1.807, 2.05) is 9.80 Å². The van der Waals surface area contributed by atoms with Crippen LogP contribution in [0.2, 0.25) is 0 Å². The molecule has 1 saturated carbocycles. The molecular weight excluding hydrogens is 613 g/mol. The average Bonchev–Trinajstić information content (AvgIpc) is 3.88. The Morgan fingerprint density at radius 1 is 0.979 bits per heavy atom. The minimum absolute atomic E-state index is 0.0367. The number of nitrogens with zero attached hydrogens (tertiary/aromatic N) is 4. The minimum Gasteiger partial charge on any atom is -0.444 e. The lowest BCUT2D eigenvalue weighted by Crippen LogP contribution is -2.49. The lowest BCUT2D eigenvalue weighted by molar-refractivity contribution is -0.137. The highest BCUT2D eigenvalue weighted by Crippen LogP contribution is 2.35. The van der Waals surface area contributed by atoms with E-state index in [-0.39, 0.29) is 24.1 Å². The molecule has 1 aliphatic heterocycles. The number of anilines is 1. The van der Waals surface area contributed by atoms with Crippen LogP contribution in [0.3, 0.4) is 0 Å². The largest absolute Gasteiger partial charge is 0.444 e. The van der Waals surface area contributed by atoms with Gasteiger partial charge in [-0.1, -0.05) is 30.3 Å². The van der Waals surface area contributed by atoms with Crippen molar-refractivity contribution in [2.75, 3.05) is 31.1 Å². The zero-order valence-corrected chi connectivity index (χ0v) is 26.9. The smallest absolute Gasteiger partial charge is 0.416 e. The number of carbonyl (C=O) groups excluding carboxylic acids is 3. The highest BCUT2D eigenvalue weighted by Gasteiger charge is 2.35. The molecule has 2 heterocycles. The van der Waals surface area contributed by atoms with Gasteiger partial charge in [-0.2, -0.15) is 13.2 Å². The van der Waals surface area contributed by atoms with Gasteiger partial charge in [-0.05, 0) is 74.9 Å². The quantitative estimate of drug-likeness (QED) is 0.319. The van der Waals surface area contributed by atoms with E-state index < -0.39 is 35.4 Å². The molecule has 2 fully saturated rings. The number of amides is 3. The van der Waals surface area contributed by atoms with Gasteiger partial charge in [0.15, 0.2) is 0 Å². The number of rotatable bonds is 8. The van der Waals surface area contributed by atoms with Gasteiger partial charge in [0.25, 0.3) is 5.91 Å². The number of carbonyl (C=O) groups is 3. The lowest BCUT2D eigenvalue weighted by atomic mass is 9.95. The maximum absolute atomic E-state index is 13.6. The Bertz CT molecular complexity index is 1610. The van der Waals surface area contributed by atoms with Gasteiger partial charge in [-0.15, -0.1) is 0 Å². The van der Waals surface area contributed by atoms with Crippen molar-refractivity contribution >= 4 is 23.7 Å². The monoisotopic (exact) mass is 652 g/mol. The summed E-state index contributed by atoms with van der Waals surface area (Å²) >= 11 is 0. The molecule has 250 valence electrons. The third kappa shape index (κ3) is 8.78. The van der Waals surface area contributed by atoms with Crippen LogP contribution >= 0.6 is 0 Å². The Labute approximate surface area is 271 Å². The second-order valence-corrected chi connectivity index (χ2v) is 12.9. The predicted octanol–water partition coefficient (Wildman–Crippen LogP) is 5.74. The van der Waals surface area contributed by atoms with Gasteiger partial charge >= 0.3 is 12.3 Å². The van der Waals surface area contributed by atoms with Crippen molar-refractivity contribution in [2.24, 2.45) is 5.92 Å². The van der Waals surface area contributed by atoms with Gasteiger partial charge in [0.2, 0.25) is 5.91 Å². The van der Waals surface area contributed by atoms with Crippen molar-refractivity contribution in [1.82, 2.24) is 25.5 Å². The number of halogens is 3. The standard InChI is InChI=1S/C34H39F3N6O4/c1-21(40-30(44)28-19-38-20-29(41-28)42-13-15-43(16-14-42)31(45)24-9-10-24)22-5-7-23(8-6-22)27-17-26(34(35,36)37)12-11-25(27)18-39-32(46)47-33(2,3)4/h5-8,11-12,17,19-21,24H,9-10,13-16,18H2,1-4H3,(H,39,46)(H,40,44)/t21-/m1/s1. The molecule has 1 aromatic heterocycles. The van der Waals surface area contributed by atoms with E-state index in [2.05, 4.69) is 20.6 Å².